The zero-order chi connectivity index (χ0) is 13.4. The Kier molecular flexibility index (Phi) is 2.52. The monoisotopic (exact) mass is 256 g/mol. The quantitative estimate of drug-likeness (QED) is 0.686. The molecule has 0 bridgehead atoms. The smallest absolute Gasteiger partial charge is 0.420 e. The molecule has 0 saturated heterocycles. The summed E-state index contributed by atoms with van der Waals surface area (Å²) in [6, 6.07) is 11.8. The minimum absolute atomic E-state index is 0.165. The van der Waals surface area contributed by atoms with Crippen molar-refractivity contribution in [3.63, 3.8) is 0 Å². The molecule has 0 spiro atoms. The average molecular weight is 256 g/mol. The van der Waals surface area contributed by atoms with Gasteiger partial charge in [0, 0.05) is 5.69 Å². The Morgan fingerprint density at radius 1 is 1.21 bits per heavy atom. The minimum Gasteiger partial charge on any atom is -0.508 e. The van der Waals surface area contributed by atoms with Gasteiger partial charge in [0.15, 0.2) is 5.58 Å². The summed E-state index contributed by atoms with van der Waals surface area (Å²) in [4.78, 5) is 11.8. The van der Waals surface area contributed by atoms with Crippen LogP contribution in [-0.4, -0.2) is 9.67 Å². The normalized spacial score (nSPS) is 10.9. The van der Waals surface area contributed by atoms with E-state index < -0.39 is 5.76 Å². The maximum atomic E-state index is 11.8. The molecule has 5 heteroatoms. The number of hydrogen-bond donors (Lipinski definition) is 2. The van der Waals surface area contributed by atoms with E-state index in [4.69, 9.17) is 10.2 Å². The number of hydrogen-bond acceptors (Lipinski definition) is 4. The number of rotatable bonds is 2. The molecule has 5 nitrogen and oxygen atoms in total. The highest BCUT2D eigenvalue weighted by molar-refractivity contribution is 5.77. The van der Waals surface area contributed by atoms with E-state index in [1.165, 1.54) is 4.57 Å². The molecule has 3 aromatic rings. The lowest BCUT2D eigenvalue weighted by Gasteiger charge is -2.03. The van der Waals surface area contributed by atoms with Crippen LogP contribution in [0.1, 0.15) is 5.56 Å². The fraction of sp³-hybridized carbons (Fsp3) is 0.0714. The molecule has 0 amide bonds. The Morgan fingerprint density at radius 2 is 2.05 bits per heavy atom. The summed E-state index contributed by atoms with van der Waals surface area (Å²) < 4.78 is 6.63. The number of nitrogen functional groups attached to an aromatic ring is 1. The van der Waals surface area contributed by atoms with Gasteiger partial charge in [-0.1, -0.05) is 12.1 Å². The van der Waals surface area contributed by atoms with Crippen molar-refractivity contribution in [3.8, 4) is 5.75 Å². The predicted molar refractivity (Wildman–Crippen MR) is 72.1 cm³/mol. The van der Waals surface area contributed by atoms with E-state index in [1.54, 1.807) is 36.4 Å². The maximum absolute atomic E-state index is 11.8. The van der Waals surface area contributed by atoms with Crippen LogP contribution in [0.3, 0.4) is 0 Å². The van der Waals surface area contributed by atoms with Crippen molar-refractivity contribution in [2.45, 2.75) is 6.54 Å². The Labute approximate surface area is 108 Å². The van der Waals surface area contributed by atoms with E-state index in [9.17, 15) is 9.90 Å². The molecule has 1 aromatic heterocycles. The van der Waals surface area contributed by atoms with Gasteiger partial charge in [-0.2, -0.15) is 0 Å². The van der Waals surface area contributed by atoms with Gasteiger partial charge in [0.2, 0.25) is 0 Å². The molecule has 19 heavy (non-hydrogen) atoms. The van der Waals surface area contributed by atoms with Gasteiger partial charge in [-0.25, -0.2) is 4.79 Å². The second kappa shape index (κ2) is 4.20. The summed E-state index contributed by atoms with van der Waals surface area (Å²) in [6.07, 6.45) is 0. The van der Waals surface area contributed by atoms with Gasteiger partial charge in [-0.05, 0) is 35.9 Å². The fourth-order valence-electron chi connectivity index (χ4n) is 2.07. The number of oxazole rings is 1. The zero-order valence-electron chi connectivity index (χ0n) is 10.0. The van der Waals surface area contributed by atoms with Gasteiger partial charge in [-0.15, -0.1) is 0 Å². The van der Waals surface area contributed by atoms with E-state index in [-0.39, 0.29) is 5.75 Å². The molecule has 1 heterocycles. The van der Waals surface area contributed by atoms with Crippen molar-refractivity contribution in [2.24, 2.45) is 0 Å². The van der Waals surface area contributed by atoms with Crippen molar-refractivity contribution in [3.05, 3.63) is 58.6 Å². The van der Waals surface area contributed by atoms with Gasteiger partial charge in [0.1, 0.15) is 5.75 Å². The first-order valence-electron chi connectivity index (χ1n) is 5.80. The molecule has 0 fully saturated rings. The Balaban J connectivity index is 2.12. The predicted octanol–water partition coefficient (Wildman–Crippen LogP) is 1.93. The van der Waals surface area contributed by atoms with Gasteiger partial charge >= 0.3 is 5.76 Å². The first kappa shape index (κ1) is 11.4. The number of aromatic nitrogens is 1. The van der Waals surface area contributed by atoms with Crippen LogP contribution in [-0.2, 0) is 6.54 Å². The van der Waals surface area contributed by atoms with Crippen LogP contribution in [0.5, 0.6) is 5.75 Å². The molecule has 2 aromatic carbocycles. The van der Waals surface area contributed by atoms with Crippen molar-refractivity contribution in [1.29, 1.82) is 0 Å². The van der Waals surface area contributed by atoms with Gasteiger partial charge in [0.05, 0.1) is 12.1 Å². The third kappa shape index (κ3) is 2.06. The number of phenols is 1. The number of benzene rings is 2. The summed E-state index contributed by atoms with van der Waals surface area (Å²) in [7, 11) is 0. The van der Waals surface area contributed by atoms with E-state index >= 15 is 0 Å². The van der Waals surface area contributed by atoms with Crippen LogP contribution in [0.2, 0.25) is 0 Å². The molecule has 0 aliphatic rings. The molecular weight excluding hydrogens is 244 g/mol. The largest absolute Gasteiger partial charge is 0.508 e. The van der Waals surface area contributed by atoms with Gasteiger partial charge in [-0.3, -0.25) is 4.57 Å². The Bertz CT molecular complexity index is 802. The van der Waals surface area contributed by atoms with E-state index in [2.05, 4.69) is 0 Å². The van der Waals surface area contributed by atoms with E-state index in [0.717, 1.165) is 5.56 Å². The Hall–Kier alpha value is -2.69. The van der Waals surface area contributed by atoms with E-state index in [1.807, 2.05) is 6.07 Å². The van der Waals surface area contributed by atoms with Crippen LogP contribution in [0.15, 0.2) is 51.7 Å². The molecule has 3 rings (SSSR count). The van der Waals surface area contributed by atoms with Crippen molar-refractivity contribution >= 4 is 16.8 Å². The van der Waals surface area contributed by atoms with Crippen molar-refractivity contribution in [1.82, 2.24) is 4.57 Å². The lowest BCUT2D eigenvalue weighted by atomic mass is 10.2. The van der Waals surface area contributed by atoms with Crippen LogP contribution in [0, 0.1) is 0 Å². The SMILES string of the molecule is Nc1ccc2oc(=O)n(Cc3cccc(O)c3)c2c1. The van der Waals surface area contributed by atoms with Crippen LogP contribution < -0.4 is 11.5 Å². The molecule has 3 N–H and O–H groups in total. The number of phenolic OH excluding ortho intramolecular Hbond substituents is 1. The first-order valence-corrected chi connectivity index (χ1v) is 5.80. The maximum Gasteiger partial charge on any atom is 0.420 e. The molecule has 0 unspecified atom stereocenters. The summed E-state index contributed by atoms with van der Waals surface area (Å²) in [5, 5.41) is 9.44. The third-order valence-corrected chi connectivity index (χ3v) is 2.94. The van der Waals surface area contributed by atoms with Crippen LogP contribution >= 0.6 is 0 Å². The number of anilines is 1. The molecule has 0 atom stereocenters. The second-order valence-corrected chi connectivity index (χ2v) is 4.35. The topological polar surface area (TPSA) is 81.4 Å². The average Bonchev–Trinajstić information content (AvgIpc) is 2.66. The summed E-state index contributed by atoms with van der Waals surface area (Å²) in [6.45, 7) is 0.323. The van der Waals surface area contributed by atoms with E-state index in [0.29, 0.717) is 23.3 Å². The first-order chi connectivity index (χ1) is 9.13. The summed E-state index contributed by atoms with van der Waals surface area (Å²) in [5.41, 5.74) is 8.25. The minimum atomic E-state index is -0.441. The lowest BCUT2D eigenvalue weighted by Crippen LogP contribution is -2.14. The summed E-state index contributed by atoms with van der Waals surface area (Å²) in [5.74, 6) is -0.276. The molecular formula is C14H12N2O3. The highest BCUT2D eigenvalue weighted by Gasteiger charge is 2.10. The number of aromatic hydroxyl groups is 1. The van der Waals surface area contributed by atoms with Gasteiger partial charge < -0.3 is 15.3 Å². The molecule has 0 aliphatic heterocycles. The summed E-state index contributed by atoms with van der Waals surface area (Å²) >= 11 is 0. The van der Waals surface area contributed by atoms with Gasteiger partial charge in [0.25, 0.3) is 0 Å². The third-order valence-electron chi connectivity index (χ3n) is 2.94. The second-order valence-electron chi connectivity index (χ2n) is 4.35. The fourth-order valence-corrected chi connectivity index (χ4v) is 2.07. The lowest BCUT2D eigenvalue weighted by molar-refractivity contribution is 0.473. The van der Waals surface area contributed by atoms with Crippen molar-refractivity contribution < 1.29 is 9.52 Å². The highest BCUT2D eigenvalue weighted by atomic mass is 16.4. The van der Waals surface area contributed by atoms with Crippen LogP contribution in [0.25, 0.3) is 11.1 Å². The molecule has 0 aliphatic carbocycles. The van der Waals surface area contributed by atoms with Crippen molar-refractivity contribution in [2.75, 3.05) is 5.73 Å². The number of nitrogens with zero attached hydrogens (tertiary/aromatic N) is 1. The number of fused-ring (bicyclic) bond motifs is 1. The molecule has 0 saturated carbocycles. The van der Waals surface area contributed by atoms with Crippen LogP contribution in [0.4, 0.5) is 5.69 Å². The highest BCUT2D eigenvalue weighted by Crippen LogP contribution is 2.18. The molecule has 96 valence electrons. The Morgan fingerprint density at radius 3 is 2.84 bits per heavy atom. The standard InChI is InChI=1S/C14H12N2O3/c15-10-4-5-13-12(7-10)16(14(18)19-13)8-9-2-1-3-11(17)6-9/h1-7,17H,8,15H2. The zero-order valence-corrected chi connectivity index (χ0v) is 10.0. The molecule has 0 radical (unpaired) electrons. The number of nitrogens with two attached hydrogens (primary N) is 1.